The monoisotopic (exact) mass is 334 g/mol. The van der Waals surface area contributed by atoms with Crippen LogP contribution in [0.1, 0.15) is 32.1 Å². The fourth-order valence-corrected chi connectivity index (χ4v) is 4.36. The molecule has 0 bridgehead atoms. The molecule has 3 heterocycles. The zero-order valence-corrected chi connectivity index (χ0v) is 13.9. The van der Waals surface area contributed by atoms with Crippen molar-refractivity contribution in [2.75, 3.05) is 29.9 Å². The number of nitrogens with one attached hydrogen (secondary N) is 2. The Morgan fingerprint density at radius 2 is 2.13 bits per heavy atom. The smallest absolute Gasteiger partial charge is 0.321 e. The number of aromatic nitrogens is 2. The number of hydrogen-bond donors (Lipinski definition) is 2. The van der Waals surface area contributed by atoms with Gasteiger partial charge in [-0.2, -0.15) is 0 Å². The maximum atomic E-state index is 12.0. The summed E-state index contributed by atoms with van der Waals surface area (Å²) in [5.41, 5.74) is 0. The van der Waals surface area contributed by atoms with Crippen LogP contribution in [0.25, 0.3) is 0 Å². The van der Waals surface area contributed by atoms with Gasteiger partial charge in [0.25, 0.3) is 0 Å². The highest BCUT2D eigenvalue weighted by Gasteiger charge is 2.28. The number of fused-ring (bicyclic) bond motifs is 1. The predicted octanol–water partition coefficient (Wildman–Crippen LogP) is 2.01. The van der Waals surface area contributed by atoms with Gasteiger partial charge in [-0.05, 0) is 25.5 Å². The van der Waals surface area contributed by atoms with E-state index in [4.69, 9.17) is 0 Å². The first-order valence-electron chi connectivity index (χ1n) is 8.36. The van der Waals surface area contributed by atoms with Gasteiger partial charge in [-0.15, -0.1) is 10.2 Å². The maximum absolute atomic E-state index is 12.0. The van der Waals surface area contributed by atoms with E-state index in [-0.39, 0.29) is 6.03 Å². The Labute approximate surface area is 139 Å². The zero-order chi connectivity index (χ0) is 15.6. The standard InChI is InChI=1S/C15H22N6OS/c22-13(16-11-4-1-2-5-11)17-14-18-19-15(23-14)21-9-8-20-7-3-6-12(20)10-21/h3,7,11-12H,1-2,4-6,8-10H2,(H2,16,17,18,22). The zero-order valence-electron chi connectivity index (χ0n) is 13.1. The molecule has 2 aliphatic heterocycles. The summed E-state index contributed by atoms with van der Waals surface area (Å²) in [6, 6.07) is 0.699. The second-order valence-corrected chi connectivity index (χ2v) is 7.38. The summed E-state index contributed by atoms with van der Waals surface area (Å²) in [5.74, 6) is 0. The topological polar surface area (TPSA) is 73.4 Å². The molecule has 0 radical (unpaired) electrons. The van der Waals surface area contributed by atoms with Crippen molar-refractivity contribution >= 4 is 27.6 Å². The second-order valence-electron chi connectivity index (χ2n) is 6.43. The lowest BCUT2D eigenvalue weighted by Crippen LogP contribution is -2.49. The average Bonchev–Trinajstić information content (AvgIpc) is 3.27. The second kappa shape index (κ2) is 6.35. The highest BCUT2D eigenvalue weighted by Crippen LogP contribution is 2.28. The molecule has 1 atom stereocenters. The number of nitrogens with zero attached hydrogens (tertiary/aromatic N) is 4. The molecule has 3 aliphatic rings. The van der Waals surface area contributed by atoms with Gasteiger partial charge in [0.05, 0.1) is 0 Å². The van der Waals surface area contributed by atoms with E-state index in [2.05, 4.69) is 42.9 Å². The molecular weight excluding hydrogens is 312 g/mol. The lowest BCUT2D eigenvalue weighted by atomic mass is 10.2. The lowest BCUT2D eigenvalue weighted by Gasteiger charge is -2.37. The quantitative estimate of drug-likeness (QED) is 0.884. The average molecular weight is 334 g/mol. The SMILES string of the molecule is O=C(Nc1nnc(N2CCN3C=CCC3C2)s1)NC1CCCC1. The van der Waals surface area contributed by atoms with Gasteiger partial charge in [0.15, 0.2) is 0 Å². The van der Waals surface area contributed by atoms with Crippen LogP contribution in [0.2, 0.25) is 0 Å². The summed E-state index contributed by atoms with van der Waals surface area (Å²) >= 11 is 1.45. The number of rotatable bonds is 3. The van der Waals surface area contributed by atoms with Crippen molar-refractivity contribution in [2.45, 2.75) is 44.2 Å². The van der Waals surface area contributed by atoms with Gasteiger partial charge < -0.3 is 15.1 Å². The van der Waals surface area contributed by atoms with E-state index < -0.39 is 0 Å². The Kier molecular flexibility index (Phi) is 4.07. The molecule has 1 unspecified atom stereocenters. The molecule has 4 rings (SSSR count). The van der Waals surface area contributed by atoms with Gasteiger partial charge >= 0.3 is 6.03 Å². The largest absolute Gasteiger partial charge is 0.371 e. The molecule has 1 aromatic heterocycles. The fourth-order valence-electron chi connectivity index (χ4n) is 3.59. The first kappa shape index (κ1) is 14.7. The molecule has 23 heavy (non-hydrogen) atoms. The Balaban J connectivity index is 1.32. The van der Waals surface area contributed by atoms with Crippen LogP contribution < -0.4 is 15.5 Å². The Hall–Kier alpha value is -1.83. The van der Waals surface area contributed by atoms with Gasteiger partial charge in [-0.25, -0.2) is 4.79 Å². The summed E-state index contributed by atoms with van der Waals surface area (Å²) in [6.07, 6.45) is 10.1. The van der Waals surface area contributed by atoms with Crippen LogP contribution >= 0.6 is 11.3 Å². The third-order valence-corrected chi connectivity index (χ3v) is 5.73. The van der Waals surface area contributed by atoms with Gasteiger partial charge in [-0.3, -0.25) is 5.32 Å². The van der Waals surface area contributed by atoms with Crippen molar-refractivity contribution < 1.29 is 4.79 Å². The van der Waals surface area contributed by atoms with Crippen LogP contribution in [0.15, 0.2) is 12.3 Å². The molecule has 1 aromatic rings. The number of urea groups is 1. The van der Waals surface area contributed by atoms with E-state index in [1.807, 2.05) is 0 Å². The molecular formula is C15H22N6OS. The van der Waals surface area contributed by atoms with Gasteiger partial charge in [0, 0.05) is 31.7 Å². The van der Waals surface area contributed by atoms with E-state index in [9.17, 15) is 4.79 Å². The van der Waals surface area contributed by atoms with Gasteiger partial charge in [-0.1, -0.05) is 30.3 Å². The lowest BCUT2D eigenvalue weighted by molar-refractivity contribution is 0.248. The molecule has 1 saturated heterocycles. The van der Waals surface area contributed by atoms with Crippen LogP contribution in [0, 0.1) is 0 Å². The van der Waals surface area contributed by atoms with E-state index in [0.29, 0.717) is 17.2 Å². The summed E-state index contributed by atoms with van der Waals surface area (Å²) in [4.78, 5) is 16.7. The van der Waals surface area contributed by atoms with E-state index in [1.54, 1.807) is 0 Å². The highest BCUT2D eigenvalue weighted by molar-refractivity contribution is 7.19. The number of piperazine rings is 1. The molecule has 0 aromatic carbocycles. The van der Waals surface area contributed by atoms with Crippen molar-refractivity contribution in [3.63, 3.8) is 0 Å². The van der Waals surface area contributed by atoms with E-state index in [0.717, 1.165) is 44.0 Å². The van der Waals surface area contributed by atoms with E-state index >= 15 is 0 Å². The Morgan fingerprint density at radius 1 is 1.26 bits per heavy atom. The first-order chi connectivity index (χ1) is 11.3. The molecule has 124 valence electrons. The maximum Gasteiger partial charge on any atom is 0.321 e. The third kappa shape index (κ3) is 3.26. The molecule has 8 heteroatoms. The van der Waals surface area contributed by atoms with Crippen LogP contribution in [0.4, 0.5) is 15.1 Å². The molecule has 2 amide bonds. The normalized spacial score (nSPS) is 24.1. The Bertz CT molecular complexity index is 597. The molecule has 7 nitrogen and oxygen atoms in total. The number of carbonyl (C=O) groups excluding carboxylic acids is 1. The van der Waals surface area contributed by atoms with Gasteiger partial charge in [0.1, 0.15) is 0 Å². The number of anilines is 2. The predicted molar refractivity (Wildman–Crippen MR) is 90.8 cm³/mol. The van der Waals surface area contributed by atoms with Crippen molar-refractivity contribution in [2.24, 2.45) is 0 Å². The third-order valence-electron chi connectivity index (χ3n) is 4.83. The summed E-state index contributed by atoms with van der Waals surface area (Å²) < 4.78 is 0. The minimum absolute atomic E-state index is 0.163. The number of carbonyl (C=O) groups is 1. The van der Waals surface area contributed by atoms with Crippen molar-refractivity contribution in [3.8, 4) is 0 Å². The van der Waals surface area contributed by atoms with Crippen molar-refractivity contribution in [1.29, 1.82) is 0 Å². The molecule has 2 N–H and O–H groups in total. The summed E-state index contributed by atoms with van der Waals surface area (Å²) in [7, 11) is 0. The van der Waals surface area contributed by atoms with Crippen LogP contribution in [0.5, 0.6) is 0 Å². The van der Waals surface area contributed by atoms with Gasteiger partial charge in [0.2, 0.25) is 10.3 Å². The highest BCUT2D eigenvalue weighted by atomic mass is 32.1. The van der Waals surface area contributed by atoms with Crippen LogP contribution in [0.3, 0.4) is 0 Å². The van der Waals surface area contributed by atoms with Crippen LogP contribution in [-0.2, 0) is 0 Å². The number of hydrogen-bond acceptors (Lipinski definition) is 6. The minimum Gasteiger partial charge on any atom is -0.371 e. The first-order valence-corrected chi connectivity index (χ1v) is 9.18. The van der Waals surface area contributed by atoms with Crippen LogP contribution in [-0.4, -0.2) is 52.8 Å². The molecule has 1 saturated carbocycles. The molecule has 1 aliphatic carbocycles. The Morgan fingerprint density at radius 3 is 3.00 bits per heavy atom. The van der Waals surface area contributed by atoms with Crippen molar-refractivity contribution in [1.82, 2.24) is 20.4 Å². The molecule has 0 spiro atoms. The fraction of sp³-hybridized carbons (Fsp3) is 0.667. The van der Waals surface area contributed by atoms with Crippen molar-refractivity contribution in [3.05, 3.63) is 12.3 Å². The number of amides is 2. The molecule has 2 fully saturated rings. The minimum atomic E-state index is -0.163. The summed E-state index contributed by atoms with van der Waals surface area (Å²) in [6.45, 7) is 2.94. The van der Waals surface area contributed by atoms with E-state index in [1.165, 1.54) is 24.2 Å². The summed E-state index contributed by atoms with van der Waals surface area (Å²) in [5, 5.41) is 15.7.